The van der Waals surface area contributed by atoms with Gasteiger partial charge in [-0.3, -0.25) is 0 Å². The zero-order chi connectivity index (χ0) is 20.8. The van der Waals surface area contributed by atoms with Gasteiger partial charge in [-0.2, -0.15) is 31.4 Å². The maximum absolute atomic E-state index is 13.1. The van der Waals surface area contributed by atoms with Gasteiger partial charge < -0.3 is 5.43 Å². The molecule has 0 saturated heterocycles. The van der Waals surface area contributed by atoms with Crippen molar-refractivity contribution in [2.45, 2.75) is 24.8 Å². The summed E-state index contributed by atoms with van der Waals surface area (Å²) in [4.78, 5) is 0. The quantitative estimate of drug-likeness (QED) is 0.494. The van der Waals surface area contributed by atoms with Crippen molar-refractivity contribution >= 4 is 16.5 Å². The lowest BCUT2D eigenvalue weighted by molar-refractivity contribution is -0.143. The van der Waals surface area contributed by atoms with E-state index in [-0.39, 0.29) is 29.8 Å². The molecule has 0 radical (unpaired) electrons. The first-order chi connectivity index (χ1) is 13.6. The molecule has 1 heterocycles. The van der Waals surface area contributed by atoms with Crippen molar-refractivity contribution in [1.82, 2.24) is 5.43 Å². The van der Waals surface area contributed by atoms with Crippen molar-refractivity contribution in [2.75, 3.05) is 0 Å². The van der Waals surface area contributed by atoms with Gasteiger partial charge in [-0.05, 0) is 46.2 Å². The molecule has 0 aliphatic carbocycles. The van der Waals surface area contributed by atoms with Crippen LogP contribution in [0, 0.1) is 0 Å². The monoisotopic (exact) mass is 408 g/mol. The maximum Gasteiger partial charge on any atom is 0.416 e. The summed E-state index contributed by atoms with van der Waals surface area (Å²) < 4.78 is 78.5. The Morgan fingerprint density at radius 2 is 1.38 bits per heavy atom. The third kappa shape index (κ3) is 3.92. The standard InChI is InChI=1S/C21H14F6N2/c22-20(23,24)16-8-15(9-17(10-16)21(25,26)27)19-11-18(28-29-19)14-6-5-12-3-1-2-4-13(12)7-14/h1-10,18,28H,11H2. The molecule has 2 nitrogen and oxygen atoms in total. The van der Waals surface area contributed by atoms with Gasteiger partial charge >= 0.3 is 12.4 Å². The Morgan fingerprint density at radius 3 is 2.00 bits per heavy atom. The first-order valence-corrected chi connectivity index (χ1v) is 8.72. The second-order valence-corrected chi connectivity index (χ2v) is 6.85. The van der Waals surface area contributed by atoms with Crippen LogP contribution in [0.15, 0.2) is 65.8 Å². The van der Waals surface area contributed by atoms with Gasteiger partial charge in [0.1, 0.15) is 0 Å². The van der Waals surface area contributed by atoms with Crippen molar-refractivity contribution in [2.24, 2.45) is 5.10 Å². The van der Waals surface area contributed by atoms with Crippen molar-refractivity contribution in [1.29, 1.82) is 0 Å². The Bertz CT molecular complexity index is 1070. The smallest absolute Gasteiger partial charge is 0.302 e. The van der Waals surface area contributed by atoms with Crippen LogP contribution >= 0.6 is 0 Å². The zero-order valence-electron chi connectivity index (χ0n) is 14.8. The molecule has 0 fully saturated rings. The summed E-state index contributed by atoms with van der Waals surface area (Å²) >= 11 is 0. The Kier molecular flexibility index (Phi) is 4.52. The summed E-state index contributed by atoms with van der Waals surface area (Å²) in [5, 5.41) is 6.04. The minimum Gasteiger partial charge on any atom is -0.302 e. The number of rotatable bonds is 2. The maximum atomic E-state index is 13.1. The predicted octanol–water partition coefficient (Wildman–Crippen LogP) is 6.32. The molecule has 3 aromatic carbocycles. The van der Waals surface area contributed by atoms with Crippen LogP contribution in [0.5, 0.6) is 0 Å². The van der Waals surface area contributed by atoms with Gasteiger partial charge in [-0.15, -0.1) is 0 Å². The molecule has 0 saturated carbocycles. The molecule has 29 heavy (non-hydrogen) atoms. The van der Waals surface area contributed by atoms with E-state index in [1.54, 1.807) is 0 Å². The van der Waals surface area contributed by atoms with E-state index in [1.807, 2.05) is 42.5 Å². The number of hydrogen-bond acceptors (Lipinski definition) is 2. The SMILES string of the molecule is FC(F)(F)c1cc(C2=NNC(c3ccc4ccccc4c3)C2)cc(C(F)(F)F)c1. The molecular formula is C21H14F6N2. The van der Waals surface area contributed by atoms with Gasteiger partial charge in [-0.25, -0.2) is 0 Å². The highest BCUT2D eigenvalue weighted by molar-refractivity contribution is 6.02. The summed E-state index contributed by atoms with van der Waals surface area (Å²) in [6.45, 7) is 0. The van der Waals surface area contributed by atoms with E-state index in [4.69, 9.17) is 0 Å². The molecule has 1 N–H and O–H groups in total. The minimum absolute atomic E-state index is 0.118. The number of halogens is 6. The van der Waals surface area contributed by atoms with Gasteiger partial charge in [-0.1, -0.05) is 36.4 Å². The summed E-state index contributed by atoms with van der Waals surface area (Å²) in [5.41, 5.74) is 0.945. The van der Waals surface area contributed by atoms with E-state index in [0.29, 0.717) is 12.1 Å². The third-order valence-corrected chi connectivity index (χ3v) is 4.85. The highest BCUT2D eigenvalue weighted by Gasteiger charge is 2.37. The van der Waals surface area contributed by atoms with Gasteiger partial charge in [0.25, 0.3) is 0 Å². The minimum atomic E-state index is -4.89. The van der Waals surface area contributed by atoms with E-state index in [9.17, 15) is 26.3 Å². The van der Waals surface area contributed by atoms with Crippen LogP contribution in [0.2, 0.25) is 0 Å². The molecule has 1 aliphatic heterocycles. The number of hydrogen-bond donors (Lipinski definition) is 1. The Hall–Kier alpha value is -3.03. The topological polar surface area (TPSA) is 24.4 Å². The molecule has 0 spiro atoms. The van der Waals surface area contributed by atoms with Crippen molar-refractivity contribution in [3.8, 4) is 0 Å². The van der Waals surface area contributed by atoms with Crippen molar-refractivity contribution in [3.05, 3.63) is 82.9 Å². The number of nitrogens with zero attached hydrogens (tertiary/aromatic N) is 1. The van der Waals surface area contributed by atoms with Gasteiger partial charge in [0.15, 0.2) is 0 Å². The number of nitrogens with one attached hydrogen (secondary N) is 1. The molecule has 150 valence electrons. The lowest BCUT2D eigenvalue weighted by Crippen LogP contribution is -2.13. The Morgan fingerprint density at radius 1 is 0.759 bits per heavy atom. The lowest BCUT2D eigenvalue weighted by atomic mass is 9.95. The van der Waals surface area contributed by atoms with Crippen LogP contribution in [0.3, 0.4) is 0 Å². The van der Waals surface area contributed by atoms with Crippen LogP contribution in [0.1, 0.15) is 34.7 Å². The Labute approximate surface area is 161 Å². The number of benzene rings is 3. The number of fused-ring (bicyclic) bond motifs is 1. The molecule has 0 bridgehead atoms. The van der Waals surface area contributed by atoms with E-state index in [1.165, 1.54) is 0 Å². The molecule has 1 unspecified atom stereocenters. The van der Waals surface area contributed by atoms with Crippen molar-refractivity contribution in [3.63, 3.8) is 0 Å². The zero-order valence-corrected chi connectivity index (χ0v) is 14.8. The second-order valence-electron chi connectivity index (χ2n) is 6.85. The molecule has 3 aromatic rings. The largest absolute Gasteiger partial charge is 0.416 e. The first kappa shape index (κ1) is 19.3. The van der Waals surface area contributed by atoms with Crippen molar-refractivity contribution < 1.29 is 26.3 Å². The molecule has 8 heteroatoms. The fraction of sp³-hybridized carbons (Fsp3) is 0.190. The fourth-order valence-electron chi connectivity index (χ4n) is 3.36. The van der Waals surface area contributed by atoms with Crippen LogP contribution in [0.25, 0.3) is 10.8 Å². The molecule has 1 atom stereocenters. The van der Waals surface area contributed by atoms with E-state index in [0.717, 1.165) is 16.3 Å². The second kappa shape index (κ2) is 6.79. The molecule has 1 aliphatic rings. The molecular weight excluding hydrogens is 394 g/mol. The predicted molar refractivity (Wildman–Crippen MR) is 97.4 cm³/mol. The summed E-state index contributed by atoms with van der Waals surface area (Å²) in [5.74, 6) is 0. The fourth-order valence-corrected chi connectivity index (χ4v) is 3.36. The van der Waals surface area contributed by atoms with E-state index >= 15 is 0 Å². The normalized spacial score (nSPS) is 17.3. The number of alkyl halides is 6. The van der Waals surface area contributed by atoms with Gasteiger partial charge in [0, 0.05) is 6.42 Å². The number of hydrazone groups is 1. The van der Waals surface area contributed by atoms with E-state index in [2.05, 4.69) is 10.5 Å². The molecule has 0 aromatic heterocycles. The summed E-state index contributed by atoms with van der Waals surface area (Å²) in [6.07, 6.45) is -9.60. The van der Waals surface area contributed by atoms with Crippen LogP contribution in [-0.2, 0) is 12.4 Å². The van der Waals surface area contributed by atoms with Crippen LogP contribution in [0.4, 0.5) is 26.3 Å². The van der Waals surface area contributed by atoms with Gasteiger partial charge in [0.05, 0.1) is 22.9 Å². The molecule has 0 amide bonds. The average Bonchev–Trinajstić information content (AvgIpc) is 3.16. The average molecular weight is 408 g/mol. The van der Waals surface area contributed by atoms with E-state index < -0.39 is 23.5 Å². The highest BCUT2D eigenvalue weighted by atomic mass is 19.4. The lowest BCUT2D eigenvalue weighted by Gasteiger charge is -2.14. The Balaban J connectivity index is 1.65. The van der Waals surface area contributed by atoms with Crippen LogP contribution < -0.4 is 5.43 Å². The summed E-state index contributed by atoms with van der Waals surface area (Å²) in [6, 6.07) is 14.6. The van der Waals surface area contributed by atoms with Crippen LogP contribution in [-0.4, -0.2) is 5.71 Å². The van der Waals surface area contributed by atoms with Gasteiger partial charge in [0.2, 0.25) is 0 Å². The summed E-state index contributed by atoms with van der Waals surface area (Å²) in [7, 11) is 0. The highest BCUT2D eigenvalue weighted by Crippen LogP contribution is 2.37. The third-order valence-electron chi connectivity index (χ3n) is 4.85. The molecule has 4 rings (SSSR count). The first-order valence-electron chi connectivity index (χ1n) is 8.72.